The van der Waals surface area contributed by atoms with Gasteiger partial charge in [-0.05, 0) is 36.8 Å². The van der Waals surface area contributed by atoms with Gasteiger partial charge in [-0.15, -0.1) is 0 Å². The number of halogens is 1. The van der Waals surface area contributed by atoms with Crippen molar-refractivity contribution in [3.8, 4) is 0 Å². The number of carbonyl (C=O) groups excluding carboxylic acids is 1. The number of rotatable bonds is 4. The number of carbonyl (C=O) groups is 1. The van der Waals surface area contributed by atoms with Crippen molar-refractivity contribution in [2.75, 3.05) is 11.9 Å². The molecule has 2 rings (SSSR count). The second kappa shape index (κ2) is 6.58. The van der Waals surface area contributed by atoms with E-state index in [1.54, 1.807) is 12.1 Å². The van der Waals surface area contributed by atoms with Gasteiger partial charge >= 0.3 is 6.03 Å². The number of urea groups is 1. The quantitative estimate of drug-likeness (QED) is 0.801. The summed E-state index contributed by atoms with van der Waals surface area (Å²) in [6.07, 6.45) is 0.614. The summed E-state index contributed by atoms with van der Waals surface area (Å²) < 4.78 is 5.97. The zero-order valence-electron chi connectivity index (χ0n) is 10.9. The van der Waals surface area contributed by atoms with Crippen molar-refractivity contribution in [3.05, 3.63) is 52.4 Å². The highest BCUT2D eigenvalue weighted by Gasteiger charge is 2.11. The van der Waals surface area contributed by atoms with Gasteiger partial charge < -0.3 is 20.2 Å². The smallest absolute Gasteiger partial charge is 0.319 e. The fourth-order valence-electron chi connectivity index (χ4n) is 1.62. The predicted octanol–water partition coefficient (Wildman–Crippen LogP) is 3.21. The number of aliphatic hydroxyl groups excluding tert-OH is 1. The lowest BCUT2D eigenvalue weighted by atomic mass is 10.2. The minimum Gasteiger partial charge on any atom is -0.467 e. The zero-order valence-corrected chi connectivity index (χ0v) is 12.5. The lowest BCUT2D eigenvalue weighted by Crippen LogP contribution is -2.32. The van der Waals surface area contributed by atoms with E-state index in [9.17, 15) is 9.90 Å². The molecule has 6 heteroatoms. The summed E-state index contributed by atoms with van der Waals surface area (Å²) >= 11 is 3.40. The van der Waals surface area contributed by atoms with E-state index in [-0.39, 0.29) is 12.6 Å². The molecule has 1 heterocycles. The number of hydrogen-bond acceptors (Lipinski definition) is 3. The van der Waals surface area contributed by atoms with Crippen LogP contribution in [-0.4, -0.2) is 17.7 Å². The van der Waals surface area contributed by atoms with E-state index in [1.807, 2.05) is 25.1 Å². The molecule has 0 saturated heterocycles. The molecule has 0 aliphatic heterocycles. The normalized spacial score (nSPS) is 11.9. The van der Waals surface area contributed by atoms with Crippen LogP contribution in [0.4, 0.5) is 10.5 Å². The molecule has 1 aromatic heterocycles. The Bertz CT molecular complexity index is 584. The standard InChI is InChI=1S/C14H15BrN2O3/c1-9-4-5-10(7-11(9)15)17-14(19)16-8-12(18)13-3-2-6-20-13/h2-7,12,18H,8H2,1H3,(H2,16,17,19). The van der Waals surface area contributed by atoms with E-state index in [1.165, 1.54) is 6.26 Å². The molecule has 0 spiro atoms. The van der Waals surface area contributed by atoms with Crippen LogP contribution < -0.4 is 10.6 Å². The Labute approximate surface area is 125 Å². The minimum atomic E-state index is -0.861. The maximum atomic E-state index is 11.7. The Morgan fingerprint density at radius 1 is 1.45 bits per heavy atom. The monoisotopic (exact) mass is 338 g/mol. The van der Waals surface area contributed by atoms with Gasteiger partial charge in [-0.3, -0.25) is 0 Å². The summed E-state index contributed by atoms with van der Waals surface area (Å²) in [5.41, 5.74) is 1.76. The summed E-state index contributed by atoms with van der Waals surface area (Å²) in [5.74, 6) is 0.420. The average Bonchev–Trinajstić information content (AvgIpc) is 2.94. The SMILES string of the molecule is Cc1ccc(NC(=O)NCC(O)c2ccco2)cc1Br. The Balaban J connectivity index is 1.85. The molecular weight excluding hydrogens is 324 g/mol. The first-order chi connectivity index (χ1) is 9.56. The molecule has 0 aliphatic rings. The van der Waals surface area contributed by atoms with Gasteiger partial charge in [-0.1, -0.05) is 22.0 Å². The van der Waals surface area contributed by atoms with Crippen LogP contribution in [0.3, 0.4) is 0 Å². The van der Waals surface area contributed by atoms with Crippen molar-refractivity contribution in [3.63, 3.8) is 0 Å². The third kappa shape index (κ3) is 3.85. The fraction of sp³-hybridized carbons (Fsp3) is 0.214. The van der Waals surface area contributed by atoms with E-state index in [0.717, 1.165) is 10.0 Å². The van der Waals surface area contributed by atoms with E-state index >= 15 is 0 Å². The molecule has 0 fully saturated rings. The molecule has 2 aromatic rings. The van der Waals surface area contributed by atoms with Gasteiger partial charge in [0, 0.05) is 10.2 Å². The van der Waals surface area contributed by atoms with Crippen LogP contribution in [-0.2, 0) is 0 Å². The molecule has 5 nitrogen and oxygen atoms in total. The molecule has 0 aliphatic carbocycles. The molecule has 106 valence electrons. The second-order valence-corrected chi connectivity index (χ2v) is 5.18. The van der Waals surface area contributed by atoms with Gasteiger partial charge in [0.2, 0.25) is 0 Å². The summed E-state index contributed by atoms with van der Waals surface area (Å²) in [6, 6.07) is 8.48. The fourth-order valence-corrected chi connectivity index (χ4v) is 2.00. The maximum absolute atomic E-state index is 11.7. The van der Waals surface area contributed by atoms with Crippen LogP contribution in [0.25, 0.3) is 0 Å². The zero-order chi connectivity index (χ0) is 14.5. The summed E-state index contributed by atoms with van der Waals surface area (Å²) in [4.78, 5) is 11.7. The number of nitrogens with one attached hydrogen (secondary N) is 2. The van der Waals surface area contributed by atoms with E-state index < -0.39 is 6.10 Å². The van der Waals surface area contributed by atoms with Crippen LogP contribution in [0.1, 0.15) is 17.4 Å². The van der Waals surface area contributed by atoms with Gasteiger partial charge in [0.25, 0.3) is 0 Å². The Kier molecular flexibility index (Phi) is 4.81. The Morgan fingerprint density at radius 3 is 2.90 bits per heavy atom. The van der Waals surface area contributed by atoms with Crippen LogP contribution in [0, 0.1) is 6.92 Å². The van der Waals surface area contributed by atoms with Gasteiger partial charge in [0.15, 0.2) is 0 Å². The average molecular weight is 339 g/mol. The second-order valence-electron chi connectivity index (χ2n) is 4.33. The molecule has 0 radical (unpaired) electrons. The number of anilines is 1. The van der Waals surface area contributed by atoms with Crippen molar-refractivity contribution < 1.29 is 14.3 Å². The van der Waals surface area contributed by atoms with Crippen molar-refractivity contribution in [2.45, 2.75) is 13.0 Å². The highest BCUT2D eigenvalue weighted by atomic mass is 79.9. The van der Waals surface area contributed by atoms with Crippen molar-refractivity contribution >= 4 is 27.6 Å². The molecule has 0 saturated carbocycles. The largest absolute Gasteiger partial charge is 0.467 e. The first-order valence-electron chi connectivity index (χ1n) is 6.08. The van der Waals surface area contributed by atoms with Crippen LogP contribution in [0.15, 0.2) is 45.5 Å². The number of furan rings is 1. The molecule has 3 N–H and O–H groups in total. The van der Waals surface area contributed by atoms with Crippen molar-refractivity contribution in [1.82, 2.24) is 5.32 Å². The minimum absolute atomic E-state index is 0.0758. The topological polar surface area (TPSA) is 74.5 Å². The van der Waals surface area contributed by atoms with Crippen molar-refractivity contribution in [1.29, 1.82) is 0 Å². The number of aryl methyl sites for hydroxylation is 1. The molecule has 1 atom stereocenters. The first-order valence-corrected chi connectivity index (χ1v) is 6.88. The lowest BCUT2D eigenvalue weighted by molar-refractivity contribution is 0.149. The molecule has 2 amide bonds. The third-order valence-electron chi connectivity index (χ3n) is 2.76. The lowest BCUT2D eigenvalue weighted by Gasteiger charge is -2.11. The Hall–Kier alpha value is -1.79. The van der Waals surface area contributed by atoms with E-state index in [2.05, 4.69) is 26.6 Å². The maximum Gasteiger partial charge on any atom is 0.319 e. The van der Waals surface area contributed by atoms with Crippen LogP contribution in [0.5, 0.6) is 0 Å². The summed E-state index contributed by atoms with van der Waals surface area (Å²) in [7, 11) is 0. The van der Waals surface area contributed by atoms with Gasteiger partial charge in [-0.25, -0.2) is 4.79 Å². The predicted molar refractivity (Wildman–Crippen MR) is 79.6 cm³/mol. The van der Waals surface area contributed by atoms with Gasteiger partial charge in [0.1, 0.15) is 11.9 Å². The number of amides is 2. The third-order valence-corrected chi connectivity index (χ3v) is 3.61. The van der Waals surface area contributed by atoms with Crippen LogP contribution >= 0.6 is 15.9 Å². The summed E-state index contributed by atoms with van der Waals surface area (Å²) in [6.45, 7) is 2.04. The van der Waals surface area contributed by atoms with Crippen molar-refractivity contribution in [2.24, 2.45) is 0 Å². The summed E-state index contributed by atoms with van der Waals surface area (Å²) in [5, 5.41) is 15.0. The van der Waals surface area contributed by atoms with E-state index in [4.69, 9.17) is 4.42 Å². The van der Waals surface area contributed by atoms with Gasteiger partial charge in [-0.2, -0.15) is 0 Å². The number of aliphatic hydroxyl groups is 1. The number of hydrogen-bond donors (Lipinski definition) is 3. The number of benzene rings is 1. The molecule has 1 aromatic carbocycles. The van der Waals surface area contributed by atoms with E-state index in [0.29, 0.717) is 11.4 Å². The molecular formula is C14H15BrN2O3. The molecule has 1 unspecified atom stereocenters. The highest BCUT2D eigenvalue weighted by molar-refractivity contribution is 9.10. The molecule has 20 heavy (non-hydrogen) atoms. The Morgan fingerprint density at radius 2 is 2.25 bits per heavy atom. The first kappa shape index (κ1) is 14.6. The van der Waals surface area contributed by atoms with Gasteiger partial charge in [0.05, 0.1) is 12.8 Å². The highest BCUT2D eigenvalue weighted by Crippen LogP contribution is 2.20. The molecule has 0 bridgehead atoms. The van der Waals surface area contributed by atoms with Crippen LogP contribution in [0.2, 0.25) is 0 Å².